The van der Waals surface area contributed by atoms with Crippen LogP contribution >= 0.6 is 0 Å². The summed E-state index contributed by atoms with van der Waals surface area (Å²) in [4.78, 5) is 13.7. The Hall–Kier alpha value is -4.01. The van der Waals surface area contributed by atoms with Crippen molar-refractivity contribution in [3.63, 3.8) is 0 Å². The monoisotopic (exact) mass is 414 g/mol. The Morgan fingerprint density at radius 1 is 1.19 bits per heavy atom. The van der Waals surface area contributed by atoms with Crippen molar-refractivity contribution in [3.05, 3.63) is 54.7 Å². The predicted molar refractivity (Wildman–Crippen MR) is 119 cm³/mol. The van der Waals surface area contributed by atoms with Gasteiger partial charge in [-0.05, 0) is 32.0 Å². The molecule has 1 aromatic carbocycles. The summed E-state index contributed by atoms with van der Waals surface area (Å²) < 4.78 is 8.05. The lowest BCUT2D eigenvalue weighted by molar-refractivity contribution is 0.224. The summed E-state index contributed by atoms with van der Waals surface area (Å²) in [6.07, 6.45) is 6.76. The van der Waals surface area contributed by atoms with Gasteiger partial charge in [0.05, 0.1) is 17.2 Å². The number of fused-ring (bicyclic) bond motifs is 2. The summed E-state index contributed by atoms with van der Waals surface area (Å²) in [5.41, 5.74) is 4.97. The number of aryl methyl sites for hydroxylation is 1. The fraction of sp³-hybridized carbons (Fsp3) is 0.227. The van der Waals surface area contributed by atoms with Crippen LogP contribution < -0.4 is 10.1 Å². The Morgan fingerprint density at radius 2 is 2.06 bits per heavy atom. The molecular weight excluding hydrogens is 392 g/mol. The summed E-state index contributed by atoms with van der Waals surface area (Å²) in [6, 6.07) is 7.77. The number of aromatic amines is 1. The van der Waals surface area contributed by atoms with E-state index in [2.05, 4.69) is 30.6 Å². The van der Waals surface area contributed by atoms with Crippen LogP contribution in [0, 0.1) is 0 Å². The summed E-state index contributed by atoms with van der Waals surface area (Å²) in [7, 11) is 1.89. The number of anilines is 1. The third-order valence-corrected chi connectivity index (χ3v) is 5.05. The average molecular weight is 414 g/mol. The number of H-pyrrole nitrogens is 1. The zero-order valence-electron chi connectivity index (χ0n) is 17.5. The van der Waals surface area contributed by atoms with Crippen LogP contribution in [0.3, 0.4) is 0 Å². The molecule has 5 aromatic rings. The summed E-state index contributed by atoms with van der Waals surface area (Å²) in [5.74, 6) is 1.48. The molecule has 0 bridgehead atoms. The molecule has 4 aromatic heterocycles. The van der Waals surface area contributed by atoms with E-state index in [0.29, 0.717) is 0 Å². The van der Waals surface area contributed by atoms with E-state index >= 15 is 0 Å². The number of benzene rings is 1. The van der Waals surface area contributed by atoms with Gasteiger partial charge in [0.25, 0.3) is 0 Å². The maximum atomic E-state index is 6.29. The van der Waals surface area contributed by atoms with E-state index in [1.165, 1.54) is 0 Å². The molecule has 0 fully saturated rings. The van der Waals surface area contributed by atoms with Crippen LogP contribution in [-0.4, -0.2) is 41.5 Å². The number of aromatic nitrogens is 7. The first-order valence-electron chi connectivity index (χ1n) is 10.1. The van der Waals surface area contributed by atoms with Gasteiger partial charge in [-0.3, -0.25) is 19.7 Å². The molecule has 2 N–H and O–H groups in total. The summed E-state index contributed by atoms with van der Waals surface area (Å²) in [6.45, 7) is 4.76. The first kappa shape index (κ1) is 19.0. The van der Waals surface area contributed by atoms with Gasteiger partial charge >= 0.3 is 0 Å². The van der Waals surface area contributed by atoms with Crippen LogP contribution in [0.5, 0.6) is 5.75 Å². The number of hydrogen-bond donors (Lipinski definition) is 2. The third-order valence-electron chi connectivity index (χ3n) is 5.05. The molecule has 4 heterocycles. The molecule has 9 nitrogen and oxygen atoms in total. The van der Waals surface area contributed by atoms with Gasteiger partial charge in [-0.2, -0.15) is 10.2 Å². The van der Waals surface area contributed by atoms with Crippen molar-refractivity contribution in [3.8, 4) is 17.0 Å². The average Bonchev–Trinajstić information content (AvgIpc) is 3.39. The Balaban J connectivity index is 1.51. The molecule has 0 saturated carbocycles. The van der Waals surface area contributed by atoms with Gasteiger partial charge in [0.15, 0.2) is 0 Å². The summed E-state index contributed by atoms with van der Waals surface area (Å²) >= 11 is 0. The first-order valence-corrected chi connectivity index (χ1v) is 10.1. The van der Waals surface area contributed by atoms with E-state index in [1.807, 2.05) is 51.4 Å². The number of rotatable bonds is 6. The Morgan fingerprint density at radius 3 is 2.87 bits per heavy atom. The molecule has 0 aliphatic heterocycles. The highest BCUT2D eigenvalue weighted by Crippen LogP contribution is 2.32. The maximum absolute atomic E-state index is 6.29. The standard InChI is InChI=1S/C22H22N8O/c1-4-23-19-10-18-22(25-8-7-24-18)20(27-19)13(2)31-15-5-6-17-16(9-15)21(29-28-17)14-11-26-30(3)12-14/h5-13H,4H2,1-3H3,(H,23,27)(H,28,29). The van der Waals surface area contributed by atoms with E-state index in [-0.39, 0.29) is 6.10 Å². The molecule has 0 radical (unpaired) electrons. The number of hydrogen-bond acceptors (Lipinski definition) is 7. The molecule has 156 valence electrons. The molecule has 9 heteroatoms. The van der Waals surface area contributed by atoms with E-state index in [9.17, 15) is 0 Å². The second-order valence-corrected chi connectivity index (χ2v) is 7.29. The van der Waals surface area contributed by atoms with Gasteiger partial charge in [0.1, 0.15) is 34.6 Å². The Kier molecular flexibility index (Phi) is 4.70. The molecule has 0 saturated heterocycles. The van der Waals surface area contributed by atoms with Crippen LogP contribution in [0.15, 0.2) is 49.1 Å². The first-order chi connectivity index (χ1) is 15.1. The van der Waals surface area contributed by atoms with Gasteiger partial charge in [-0.25, -0.2) is 4.98 Å². The van der Waals surface area contributed by atoms with Crippen molar-refractivity contribution >= 4 is 27.8 Å². The molecule has 0 spiro atoms. The van der Waals surface area contributed by atoms with Crippen molar-refractivity contribution in [2.45, 2.75) is 20.0 Å². The zero-order chi connectivity index (χ0) is 21.4. The van der Waals surface area contributed by atoms with Crippen molar-refractivity contribution in [1.82, 2.24) is 34.9 Å². The highest BCUT2D eigenvalue weighted by Gasteiger charge is 2.18. The topological polar surface area (TPSA) is 106 Å². The van der Waals surface area contributed by atoms with Crippen molar-refractivity contribution in [2.24, 2.45) is 7.05 Å². The number of ether oxygens (including phenoxy) is 1. The minimum Gasteiger partial charge on any atom is -0.484 e. The molecule has 0 amide bonds. The summed E-state index contributed by atoms with van der Waals surface area (Å²) in [5, 5.41) is 16.0. The van der Waals surface area contributed by atoms with Gasteiger partial charge in [-0.1, -0.05) is 0 Å². The number of pyridine rings is 1. The zero-order valence-corrected chi connectivity index (χ0v) is 17.5. The van der Waals surface area contributed by atoms with Crippen molar-refractivity contribution in [2.75, 3.05) is 11.9 Å². The van der Waals surface area contributed by atoms with Gasteiger partial charge < -0.3 is 10.1 Å². The van der Waals surface area contributed by atoms with Crippen LogP contribution in [-0.2, 0) is 7.05 Å². The third kappa shape index (κ3) is 3.54. The quantitative estimate of drug-likeness (QED) is 0.434. The maximum Gasteiger partial charge on any atom is 0.140 e. The largest absolute Gasteiger partial charge is 0.484 e. The van der Waals surface area contributed by atoms with Crippen LogP contribution in [0.25, 0.3) is 33.2 Å². The molecule has 0 aliphatic rings. The molecule has 1 atom stereocenters. The minimum atomic E-state index is -0.330. The fourth-order valence-corrected chi connectivity index (χ4v) is 3.64. The van der Waals surface area contributed by atoms with Crippen molar-refractivity contribution < 1.29 is 4.74 Å². The second-order valence-electron chi connectivity index (χ2n) is 7.29. The fourth-order valence-electron chi connectivity index (χ4n) is 3.64. The molecule has 1 unspecified atom stereocenters. The van der Waals surface area contributed by atoms with Crippen LogP contribution in [0.1, 0.15) is 25.6 Å². The van der Waals surface area contributed by atoms with E-state index in [4.69, 9.17) is 9.72 Å². The van der Waals surface area contributed by atoms with E-state index in [1.54, 1.807) is 23.3 Å². The van der Waals surface area contributed by atoms with Gasteiger partial charge in [0.2, 0.25) is 0 Å². The highest BCUT2D eigenvalue weighted by molar-refractivity contribution is 5.93. The molecule has 0 aliphatic carbocycles. The SMILES string of the molecule is CCNc1cc2nccnc2c(C(C)Oc2ccc3[nH]nc(-c4cnn(C)c4)c3c2)n1. The van der Waals surface area contributed by atoms with Gasteiger partial charge in [0, 0.05) is 49.2 Å². The van der Waals surface area contributed by atoms with Gasteiger partial charge in [-0.15, -0.1) is 0 Å². The van der Waals surface area contributed by atoms with E-state index in [0.717, 1.165) is 57.0 Å². The lowest BCUT2D eigenvalue weighted by Crippen LogP contribution is -2.10. The van der Waals surface area contributed by atoms with Crippen LogP contribution in [0.4, 0.5) is 5.82 Å². The van der Waals surface area contributed by atoms with Crippen LogP contribution in [0.2, 0.25) is 0 Å². The molecule has 31 heavy (non-hydrogen) atoms. The minimum absolute atomic E-state index is 0.330. The lowest BCUT2D eigenvalue weighted by Gasteiger charge is -2.17. The number of nitrogens with one attached hydrogen (secondary N) is 2. The molecular formula is C22H22N8O. The highest BCUT2D eigenvalue weighted by atomic mass is 16.5. The Bertz CT molecular complexity index is 1370. The lowest BCUT2D eigenvalue weighted by atomic mass is 10.1. The van der Waals surface area contributed by atoms with Crippen molar-refractivity contribution in [1.29, 1.82) is 0 Å². The number of nitrogens with zero attached hydrogens (tertiary/aromatic N) is 6. The predicted octanol–water partition coefficient (Wildman–Crippen LogP) is 3.87. The second kappa shape index (κ2) is 7.67. The molecule has 5 rings (SSSR count). The van der Waals surface area contributed by atoms with E-state index < -0.39 is 0 Å². The normalized spacial score (nSPS) is 12.4. The smallest absolute Gasteiger partial charge is 0.140 e. The Labute approximate surface area is 178 Å².